The number of rotatable bonds is 18. The van der Waals surface area contributed by atoms with Crippen LogP contribution in [0.5, 0.6) is 0 Å². The molecule has 6 heteroatoms. The Morgan fingerprint density at radius 2 is 1.14 bits per heavy atom. The summed E-state index contributed by atoms with van der Waals surface area (Å²) in [6, 6.07) is 0. The molecule has 2 atom stereocenters. The zero-order chi connectivity index (χ0) is 20.5. The normalized spacial score (nSPS) is 21.5. The van der Waals surface area contributed by atoms with Crippen LogP contribution in [0.1, 0.15) is 72.6 Å². The van der Waals surface area contributed by atoms with Gasteiger partial charge in [0, 0.05) is 36.8 Å². The van der Waals surface area contributed by atoms with Gasteiger partial charge < -0.3 is 20.1 Å². The molecule has 1 aliphatic carbocycles. The molecular weight excluding hydrogens is 400 g/mol. The van der Waals surface area contributed by atoms with Crippen molar-refractivity contribution in [2.75, 3.05) is 52.6 Å². The summed E-state index contributed by atoms with van der Waals surface area (Å²) in [6.45, 7) is 11.8. The highest BCUT2D eigenvalue weighted by Crippen LogP contribution is 2.29. The van der Waals surface area contributed by atoms with Crippen molar-refractivity contribution in [3.05, 3.63) is 0 Å². The summed E-state index contributed by atoms with van der Waals surface area (Å²) in [6.07, 6.45) is 10.0. The van der Waals surface area contributed by atoms with Crippen LogP contribution in [0.2, 0.25) is 0 Å². The summed E-state index contributed by atoms with van der Waals surface area (Å²) in [4.78, 5) is 0. The van der Waals surface area contributed by atoms with Gasteiger partial charge in [-0.1, -0.05) is 34.1 Å². The van der Waals surface area contributed by atoms with Crippen LogP contribution in [0, 0.1) is 11.8 Å². The van der Waals surface area contributed by atoms with E-state index in [1.54, 1.807) is 0 Å². The van der Waals surface area contributed by atoms with Crippen molar-refractivity contribution in [1.29, 1.82) is 0 Å². The Balaban J connectivity index is 0.00000784. The van der Waals surface area contributed by atoms with Crippen LogP contribution in [-0.2, 0) is 9.47 Å². The Morgan fingerprint density at radius 1 is 0.759 bits per heavy atom. The van der Waals surface area contributed by atoms with Crippen molar-refractivity contribution >= 4 is 25.3 Å². The molecule has 1 fully saturated rings. The van der Waals surface area contributed by atoms with Crippen molar-refractivity contribution in [3.8, 4) is 0 Å². The molecule has 0 aliphatic heterocycles. The van der Waals surface area contributed by atoms with Gasteiger partial charge >= 0.3 is 0 Å². The van der Waals surface area contributed by atoms with E-state index in [9.17, 15) is 0 Å². The summed E-state index contributed by atoms with van der Waals surface area (Å²) in [5.74, 6) is 1.43. The van der Waals surface area contributed by atoms with Gasteiger partial charge in [-0.2, -0.15) is 25.3 Å². The fourth-order valence-corrected chi connectivity index (χ4v) is 4.03. The smallest absolute Gasteiger partial charge is 0.0594 e. The zero-order valence-corrected chi connectivity index (χ0v) is 20.1. The minimum absolute atomic E-state index is 0. The molecule has 0 aromatic carbocycles. The monoisotopic (exact) mass is 450 g/mol. The topological polar surface area (TPSA) is 42.5 Å². The highest BCUT2D eigenvalue weighted by atomic mass is 32.1. The highest BCUT2D eigenvalue weighted by molar-refractivity contribution is 7.81. The number of nitrogens with one attached hydrogen (secondary N) is 2. The Kier molecular flexibility index (Phi) is 20.8. The average molecular weight is 451 g/mol. The summed E-state index contributed by atoms with van der Waals surface area (Å²) in [5.41, 5.74) is 0. The second-order valence-corrected chi connectivity index (χ2v) is 9.85. The maximum absolute atomic E-state index is 5.93. The molecule has 0 heterocycles. The van der Waals surface area contributed by atoms with Crippen molar-refractivity contribution in [2.24, 2.45) is 11.8 Å². The summed E-state index contributed by atoms with van der Waals surface area (Å²) in [5, 5.41) is 7.49. The first kappa shape index (κ1) is 29.5. The molecule has 2 unspecified atom stereocenters. The van der Waals surface area contributed by atoms with E-state index in [0.717, 1.165) is 52.6 Å². The number of ether oxygens (including phenoxy) is 2. The molecule has 29 heavy (non-hydrogen) atoms. The van der Waals surface area contributed by atoms with Crippen molar-refractivity contribution in [3.63, 3.8) is 0 Å². The fraction of sp³-hybridized carbons (Fsp3) is 1.00. The Labute approximate surface area is 192 Å². The summed E-state index contributed by atoms with van der Waals surface area (Å²) < 4.78 is 11.9. The average Bonchev–Trinajstić information content (AvgIpc) is 2.70. The van der Waals surface area contributed by atoms with E-state index in [2.05, 4.69) is 49.7 Å². The van der Waals surface area contributed by atoms with Gasteiger partial charge in [-0.05, 0) is 63.5 Å². The molecule has 0 radical (unpaired) electrons. The Bertz CT molecular complexity index is 311. The van der Waals surface area contributed by atoms with Crippen molar-refractivity contribution in [2.45, 2.75) is 83.1 Å². The summed E-state index contributed by atoms with van der Waals surface area (Å²) in [7, 11) is 0. The maximum Gasteiger partial charge on any atom is 0.0594 e. The predicted octanol–water partition coefficient (Wildman–Crippen LogP) is 4.84. The van der Waals surface area contributed by atoms with Crippen LogP contribution in [0.4, 0.5) is 0 Å². The number of hydrogen-bond donors (Lipinski definition) is 4. The van der Waals surface area contributed by atoms with Crippen LogP contribution < -0.4 is 10.6 Å². The molecule has 1 aliphatic rings. The third kappa shape index (κ3) is 16.9. The first-order valence-electron chi connectivity index (χ1n) is 11.6. The fourth-order valence-electron chi connectivity index (χ4n) is 3.57. The van der Waals surface area contributed by atoms with E-state index in [1.165, 1.54) is 51.4 Å². The van der Waals surface area contributed by atoms with E-state index < -0.39 is 0 Å². The lowest BCUT2D eigenvalue weighted by Gasteiger charge is -2.28. The van der Waals surface area contributed by atoms with Gasteiger partial charge in [0.25, 0.3) is 0 Å². The van der Waals surface area contributed by atoms with E-state index in [4.69, 9.17) is 9.47 Å². The molecular formula is C23H50N2O2S2. The van der Waals surface area contributed by atoms with Gasteiger partial charge in [0.15, 0.2) is 0 Å². The maximum atomic E-state index is 5.93. The van der Waals surface area contributed by atoms with E-state index in [-0.39, 0.29) is 7.43 Å². The first-order valence-corrected chi connectivity index (χ1v) is 12.6. The molecule has 0 amide bonds. The third-order valence-electron chi connectivity index (χ3n) is 5.47. The predicted molar refractivity (Wildman–Crippen MR) is 135 cm³/mol. The molecule has 0 aromatic rings. The van der Waals surface area contributed by atoms with Crippen LogP contribution >= 0.6 is 25.3 Å². The lowest BCUT2D eigenvalue weighted by Crippen LogP contribution is -2.29. The van der Waals surface area contributed by atoms with Crippen LogP contribution in [0.15, 0.2) is 0 Å². The Morgan fingerprint density at radius 3 is 1.48 bits per heavy atom. The number of hydrogen-bond acceptors (Lipinski definition) is 6. The molecule has 176 valence electrons. The quantitative estimate of drug-likeness (QED) is 0.178. The second kappa shape index (κ2) is 20.4. The van der Waals surface area contributed by atoms with Gasteiger partial charge in [-0.3, -0.25) is 0 Å². The molecule has 2 N–H and O–H groups in total. The van der Waals surface area contributed by atoms with Gasteiger partial charge in [0.2, 0.25) is 0 Å². The van der Waals surface area contributed by atoms with Crippen molar-refractivity contribution < 1.29 is 9.47 Å². The van der Waals surface area contributed by atoms with Crippen LogP contribution in [0.25, 0.3) is 0 Å². The molecule has 0 bridgehead atoms. The molecule has 0 spiro atoms. The second-order valence-electron chi connectivity index (χ2n) is 8.38. The van der Waals surface area contributed by atoms with Gasteiger partial charge in [0.1, 0.15) is 0 Å². The Hall–Kier alpha value is 0.540. The van der Waals surface area contributed by atoms with Crippen LogP contribution in [-0.4, -0.2) is 63.1 Å². The number of unbranched alkanes of at least 4 members (excludes halogenated alkanes) is 2. The molecule has 1 saturated carbocycles. The third-order valence-corrected chi connectivity index (χ3v) is 6.13. The zero-order valence-electron chi connectivity index (χ0n) is 18.3. The summed E-state index contributed by atoms with van der Waals surface area (Å²) >= 11 is 9.23. The number of thiol groups is 2. The van der Waals surface area contributed by atoms with Crippen LogP contribution in [0.3, 0.4) is 0 Å². The van der Waals surface area contributed by atoms with E-state index >= 15 is 0 Å². The van der Waals surface area contributed by atoms with Crippen molar-refractivity contribution in [1.82, 2.24) is 10.6 Å². The van der Waals surface area contributed by atoms with E-state index in [0.29, 0.717) is 22.3 Å². The standard InChI is InChI=1S/C22H46N2O2S2.CH4/c1-3-5-11-23-13-21(27)17-25-15-19-7-9-20(10-8-19)16-26-18-22(28)14-24-12-6-4-2;/h19-24,27-28H,3-18H2,1-2H3;1H4. The largest absolute Gasteiger partial charge is 0.380 e. The molecule has 0 aromatic heterocycles. The first-order chi connectivity index (χ1) is 13.7. The lowest BCUT2D eigenvalue weighted by molar-refractivity contribution is 0.0508. The van der Waals surface area contributed by atoms with Gasteiger partial charge in [0.05, 0.1) is 13.2 Å². The molecule has 4 nitrogen and oxygen atoms in total. The van der Waals surface area contributed by atoms with E-state index in [1.807, 2.05) is 0 Å². The molecule has 0 saturated heterocycles. The van der Waals surface area contributed by atoms with Gasteiger partial charge in [-0.25, -0.2) is 0 Å². The molecule has 1 rings (SSSR count). The minimum atomic E-state index is 0. The SMILES string of the molecule is C.CCCCNCC(S)COCC1CCC(COCC(S)CNCCCC)CC1. The van der Waals surface area contributed by atoms with Gasteiger partial charge in [-0.15, -0.1) is 0 Å². The lowest BCUT2D eigenvalue weighted by atomic mass is 9.83. The highest BCUT2D eigenvalue weighted by Gasteiger charge is 2.22. The minimum Gasteiger partial charge on any atom is -0.380 e.